The second-order valence-electron chi connectivity index (χ2n) is 2.98. The molecule has 0 aliphatic rings. The highest BCUT2D eigenvalue weighted by Crippen LogP contribution is 2.29. The average molecular weight is 192 g/mol. The highest BCUT2D eigenvalue weighted by atomic mass is 32.1. The smallest absolute Gasteiger partial charge is 0.122 e. The molecule has 0 fully saturated rings. The van der Waals surface area contributed by atoms with Crippen LogP contribution >= 0.6 is 11.3 Å². The maximum atomic E-state index is 5.32. The summed E-state index contributed by atoms with van der Waals surface area (Å²) in [5, 5.41) is 3.39. The Labute approximate surface area is 82.0 Å². The molecule has 1 aromatic carbocycles. The molecule has 0 aliphatic carbocycles. The molecule has 0 saturated carbocycles. The Bertz CT molecular complexity index is 379. The third kappa shape index (κ3) is 1.42. The molecule has 0 bridgehead atoms. The summed E-state index contributed by atoms with van der Waals surface area (Å²) in [6, 6.07) is 6.46. The summed E-state index contributed by atoms with van der Waals surface area (Å²) in [5.41, 5.74) is 1.29. The molecule has 1 heterocycles. The molecule has 0 saturated heterocycles. The highest BCUT2D eigenvalue weighted by Gasteiger charge is 2.03. The van der Waals surface area contributed by atoms with E-state index < -0.39 is 0 Å². The zero-order valence-electron chi connectivity index (χ0n) is 7.83. The van der Waals surface area contributed by atoms with Crippen molar-refractivity contribution in [1.82, 2.24) is 0 Å². The van der Waals surface area contributed by atoms with E-state index in [2.05, 4.69) is 30.5 Å². The van der Waals surface area contributed by atoms with Gasteiger partial charge in [0.2, 0.25) is 0 Å². The van der Waals surface area contributed by atoms with E-state index in [1.54, 1.807) is 18.4 Å². The lowest BCUT2D eigenvalue weighted by Crippen LogP contribution is -1.89. The number of thiophene rings is 1. The van der Waals surface area contributed by atoms with Gasteiger partial charge < -0.3 is 4.74 Å². The van der Waals surface area contributed by atoms with Crippen LogP contribution in [0.5, 0.6) is 5.75 Å². The molecule has 0 aliphatic heterocycles. The van der Waals surface area contributed by atoms with Crippen LogP contribution in [0.15, 0.2) is 23.6 Å². The van der Waals surface area contributed by atoms with Crippen LogP contribution in [0.1, 0.15) is 12.5 Å². The SMILES string of the molecule is CCc1cc2sccc2cc1OC. The van der Waals surface area contributed by atoms with E-state index in [0.29, 0.717) is 0 Å². The number of hydrogen-bond acceptors (Lipinski definition) is 2. The van der Waals surface area contributed by atoms with Crippen molar-refractivity contribution in [2.45, 2.75) is 13.3 Å². The number of aryl methyl sites for hydroxylation is 1. The molecule has 2 heteroatoms. The van der Waals surface area contributed by atoms with Crippen molar-refractivity contribution in [3.8, 4) is 5.75 Å². The van der Waals surface area contributed by atoms with Crippen molar-refractivity contribution < 1.29 is 4.74 Å². The number of fused-ring (bicyclic) bond motifs is 1. The molecule has 0 radical (unpaired) electrons. The fourth-order valence-corrected chi connectivity index (χ4v) is 2.33. The largest absolute Gasteiger partial charge is 0.496 e. The summed E-state index contributed by atoms with van der Waals surface area (Å²) in [6.45, 7) is 2.15. The Kier molecular flexibility index (Phi) is 2.23. The third-order valence-electron chi connectivity index (χ3n) is 2.24. The summed E-state index contributed by atoms with van der Waals surface area (Å²) < 4.78 is 6.66. The van der Waals surface area contributed by atoms with Crippen LogP contribution in [0.3, 0.4) is 0 Å². The standard InChI is InChI=1S/C11H12OS/c1-3-8-7-11-9(4-5-13-11)6-10(8)12-2/h4-7H,3H2,1-2H3. The first-order valence-electron chi connectivity index (χ1n) is 4.39. The molecule has 0 N–H and O–H groups in total. The minimum absolute atomic E-state index is 1.01. The zero-order valence-corrected chi connectivity index (χ0v) is 8.65. The van der Waals surface area contributed by atoms with Crippen molar-refractivity contribution in [1.29, 1.82) is 0 Å². The topological polar surface area (TPSA) is 9.23 Å². The van der Waals surface area contributed by atoms with Gasteiger partial charge in [-0.2, -0.15) is 0 Å². The quantitative estimate of drug-likeness (QED) is 0.708. The maximum absolute atomic E-state index is 5.32. The van der Waals surface area contributed by atoms with Crippen LogP contribution in [0.25, 0.3) is 10.1 Å². The van der Waals surface area contributed by atoms with Gasteiger partial charge in [-0.3, -0.25) is 0 Å². The maximum Gasteiger partial charge on any atom is 0.122 e. The Balaban J connectivity index is 2.67. The molecule has 0 amide bonds. The van der Waals surface area contributed by atoms with Gasteiger partial charge in [0.25, 0.3) is 0 Å². The Morgan fingerprint density at radius 3 is 2.92 bits per heavy atom. The van der Waals surface area contributed by atoms with Crippen molar-refractivity contribution in [2.24, 2.45) is 0 Å². The molecule has 68 valence electrons. The first-order chi connectivity index (χ1) is 6.35. The Hall–Kier alpha value is -1.02. The van der Waals surface area contributed by atoms with E-state index in [1.807, 2.05) is 0 Å². The number of rotatable bonds is 2. The van der Waals surface area contributed by atoms with E-state index in [0.717, 1.165) is 12.2 Å². The summed E-state index contributed by atoms with van der Waals surface area (Å²) >= 11 is 1.78. The fraction of sp³-hybridized carbons (Fsp3) is 0.273. The predicted octanol–water partition coefficient (Wildman–Crippen LogP) is 3.47. The van der Waals surface area contributed by atoms with Crippen LogP contribution in [0, 0.1) is 0 Å². The summed E-state index contributed by atoms with van der Waals surface area (Å²) in [6.07, 6.45) is 1.02. The van der Waals surface area contributed by atoms with Gasteiger partial charge in [0.1, 0.15) is 5.75 Å². The van der Waals surface area contributed by atoms with E-state index in [-0.39, 0.29) is 0 Å². The van der Waals surface area contributed by atoms with Crippen LogP contribution in [0.2, 0.25) is 0 Å². The van der Waals surface area contributed by atoms with Gasteiger partial charge >= 0.3 is 0 Å². The Morgan fingerprint density at radius 1 is 1.38 bits per heavy atom. The molecule has 1 nitrogen and oxygen atoms in total. The molecule has 0 spiro atoms. The molecule has 2 rings (SSSR count). The van der Waals surface area contributed by atoms with Crippen LogP contribution in [-0.4, -0.2) is 7.11 Å². The van der Waals surface area contributed by atoms with Gasteiger partial charge in [0.15, 0.2) is 0 Å². The molecule has 0 atom stereocenters. The van der Waals surface area contributed by atoms with E-state index in [1.165, 1.54) is 15.6 Å². The lowest BCUT2D eigenvalue weighted by molar-refractivity contribution is 0.411. The average Bonchev–Trinajstić information content (AvgIpc) is 2.62. The van der Waals surface area contributed by atoms with Crippen molar-refractivity contribution >= 4 is 21.4 Å². The zero-order chi connectivity index (χ0) is 9.26. The van der Waals surface area contributed by atoms with Crippen LogP contribution in [0.4, 0.5) is 0 Å². The second kappa shape index (κ2) is 3.38. The van der Waals surface area contributed by atoms with Crippen molar-refractivity contribution in [3.05, 3.63) is 29.1 Å². The number of hydrogen-bond donors (Lipinski definition) is 0. The monoisotopic (exact) mass is 192 g/mol. The predicted molar refractivity (Wildman–Crippen MR) is 57.8 cm³/mol. The normalized spacial score (nSPS) is 10.6. The molecular formula is C11H12OS. The van der Waals surface area contributed by atoms with Crippen molar-refractivity contribution in [3.63, 3.8) is 0 Å². The first kappa shape index (κ1) is 8.57. The van der Waals surface area contributed by atoms with E-state index >= 15 is 0 Å². The number of methoxy groups -OCH3 is 1. The summed E-state index contributed by atoms with van der Waals surface area (Å²) in [5.74, 6) is 1.01. The van der Waals surface area contributed by atoms with Gasteiger partial charge in [0, 0.05) is 4.70 Å². The third-order valence-corrected chi connectivity index (χ3v) is 3.12. The van der Waals surface area contributed by atoms with Crippen molar-refractivity contribution in [2.75, 3.05) is 7.11 Å². The first-order valence-corrected chi connectivity index (χ1v) is 5.27. The van der Waals surface area contributed by atoms with Gasteiger partial charge in [-0.15, -0.1) is 11.3 Å². The molecule has 2 aromatic rings. The number of benzene rings is 1. The summed E-state index contributed by atoms with van der Waals surface area (Å²) in [7, 11) is 1.73. The molecule has 0 unspecified atom stereocenters. The molecular weight excluding hydrogens is 180 g/mol. The lowest BCUT2D eigenvalue weighted by Gasteiger charge is -2.06. The number of ether oxygens (including phenoxy) is 1. The second-order valence-corrected chi connectivity index (χ2v) is 3.92. The van der Waals surface area contributed by atoms with Crippen LogP contribution < -0.4 is 4.74 Å². The minimum atomic E-state index is 1.01. The molecule has 1 aromatic heterocycles. The van der Waals surface area contributed by atoms with Gasteiger partial charge in [-0.1, -0.05) is 6.92 Å². The van der Waals surface area contributed by atoms with E-state index in [4.69, 9.17) is 4.74 Å². The van der Waals surface area contributed by atoms with E-state index in [9.17, 15) is 0 Å². The van der Waals surface area contributed by atoms with Gasteiger partial charge in [-0.25, -0.2) is 0 Å². The minimum Gasteiger partial charge on any atom is -0.496 e. The summed E-state index contributed by atoms with van der Waals surface area (Å²) in [4.78, 5) is 0. The highest BCUT2D eigenvalue weighted by molar-refractivity contribution is 7.17. The lowest BCUT2D eigenvalue weighted by atomic mass is 10.1. The Morgan fingerprint density at radius 2 is 2.23 bits per heavy atom. The fourth-order valence-electron chi connectivity index (χ4n) is 1.50. The molecule has 13 heavy (non-hydrogen) atoms. The van der Waals surface area contributed by atoms with Gasteiger partial charge in [-0.05, 0) is 40.9 Å². The van der Waals surface area contributed by atoms with Gasteiger partial charge in [0.05, 0.1) is 7.11 Å². The van der Waals surface area contributed by atoms with Crippen LogP contribution in [-0.2, 0) is 6.42 Å².